The molecular formula is C19H29NO2. The van der Waals surface area contributed by atoms with E-state index in [4.69, 9.17) is 0 Å². The summed E-state index contributed by atoms with van der Waals surface area (Å²) >= 11 is 0. The highest BCUT2D eigenvalue weighted by Crippen LogP contribution is 2.64. The summed E-state index contributed by atoms with van der Waals surface area (Å²) in [4.78, 5) is 11.8. The predicted octanol–water partition coefficient (Wildman–Crippen LogP) is 3.24. The van der Waals surface area contributed by atoms with Gasteiger partial charge in [-0.25, -0.2) is 0 Å². The minimum Gasteiger partial charge on any atom is -0.393 e. The van der Waals surface area contributed by atoms with Crippen molar-refractivity contribution in [3.63, 3.8) is 0 Å². The summed E-state index contributed by atoms with van der Waals surface area (Å²) in [5.74, 6) is 2.65. The van der Waals surface area contributed by atoms with Crippen molar-refractivity contribution in [2.24, 2.45) is 34.5 Å². The number of piperidine rings is 1. The van der Waals surface area contributed by atoms with Crippen molar-refractivity contribution in [1.82, 2.24) is 5.32 Å². The van der Waals surface area contributed by atoms with Gasteiger partial charge in [0.05, 0.1) is 6.10 Å². The van der Waals surface area contributed by atoms with Crippen LogP contribution in [0.3, 0.4) is 0 Å². The number of aliphatic hydroxyl groups excluding tert-OH is 1. The van der Waals surface area contributed by atoms with Gasteiger partial charge in [0.25, 0.3) is 0 Å². The fourth-order valence-electron chi connectivity index (χ4n) is 6.55. The summed E-state index contributed by atoms with van der Waals surface area (Å²) in [6, 6.07) is 0. The van der Waals surface area contributed by atoms with Crippen molar-refractivity contribution in [3.8, 4) is 0 Å². The quantitative estimate of drug-likeness (QED) is 0.722. The molecule has 3 aliphatic carbocycles. The van der Waals surface area contributed by atoms with Crippen molar-refractivity contribution in [1.29, 1.82) is 0 Å². The molecule has 3 fully saturated rings. The molecular weight excluding hydrogens is 274 g/mol. The van der Waals surface area contributed by atoms with Crippen molar-refractivity contribution >= 4 is 5.91 Å². The molecule has 3 nitrogen and oxygen atoms in total. The molecule has 7 unspecified atom stereocenters. The van der Waals surface area contributed by atoms with E-state index in [1.54, 1.807) is 0 Å². The predicted molar refractivity (Wildman–Crippen MR) is 85.8 cm³/mol. The van der Waals surface area contributed by atoms with Gasteiger partial charge in [-0.3, -0.25) is 4.79 Å². The maximum absolute atomic E-state index is 11.8. The summed E-state index contributed by atoms with van der Waals surface area (Å²) < 4.78 is 0. The van der Waals surface area contributed by atoms with Crippen LogP contribution in [0.15, 0.2) is 11.8 Å². The van der Waals surface area contributed by atoms with Crippen LogP contribution in [0.25, 0.3) is 0 Å². The molecule has 2 N–H and O–H groups in total. The number of nitrogens with one attached hydrogen (secondary N) is 1. The van der Waals surface area contributed by atoms with E-state index in [9.17, 15) is 9.90 Å². The molecule has 1 heterocycles. The summed E-state index contributed by atoms with van der Waals surface area (Å²) in [7, 11) is 0. The van der Waals surface area contributed by atoms with E-state index < -0.39 is 0 Å². The molecule has 4 aliphatic rings. The van der Waals surface area contributed by atoms with Crippen LogP contribution < -0.4 is 5.32 Å². The molecule has 0 bridgehead atoms. The number of amides is 1. The molecule has 7 atom stereocenters. The van der Waals surface area contributed by atoms with E-state index in [-0.39, 0.29) is 17.4 Å². The second-order valence-electron chi connectivity index (χ2n) is 8.98. The third-order valence-electron chi connectivity index (χ3n) is 7.69. The minimum atomic E-state index is -0.106. The number of carbonyl (C=O) groups is 1. The SMILES string of the molecule is CC1C=C2NC(=O)CCC2(C)C2CCC3(C)CC(O)CC3C12. The van der Waals surface area contributed by atoms with Crippen molar-refractivity contribution in [2.75, 3.05) is 0 Å². The monoisotopic (exact) mass is 303 g/mol. The first-order valence-corrected chi connectivity index (χ1v) is 9.04. The lowest BCUT2D eigenvalue weighted by atomic mass is 9.48. The Morgan fingerprint density at radius 2 is 2.05 bits per heavy atom. The van der Waals surface area contributed by atoms with Crippen LogP contribution in [0.5, 0.6) is 0 Å². The first kappa shape index (κ1) is 14.7. The Labute approximate surface area is 133 Å². The zero-order chi connectivity index (χ0) is 15.7. The van der Waals surface area contributed by atoms with Gasteiger partial charge in [-0.1, -0.05) is 26.8 Å². The van der Waals surface area contributed by atoms with E-state index in [0.717, 1.165) is 19.3 Å². The molecule has 0 aromatic rings. The average Bonchev–Trinajstić information content (AvgIpc) is 2.75. The summed E-state index contributed by atoms with van der Waals surface area (Å²) in [6.45, 7) is 7.10. The minimum absolute atomic E-state index is 0.106. The fraction of sp³-hybridized carbons (Fsp3) is 0.842. The van der Waals surface area contributed by atoms with E-state index in [1.807, 2.05) is 0 Å². The van der Waals surface area contributed by atoms with Crippen LogP contribution in [0.4, 0.5) is 0 Å². The second-order valence-corrected chi connectivity index (χ2v) is 8.98. The Morgan fingerprint density at radius 3 is 2.82 bits per heavy atom. The van der Waals surface area contributed by atoms with Crippen LogP contribution in [-0.4, -0.2) is 17.1 Å². The number of rotatable bonds is 0. The highest BCUT2D eigenvalue weighted by atomic mass is 16.3. The van der Waals surface area contributed by atoms with Gasteiger partial charge < -0.3 is 10.4 Å². The Hall–Kier alpha value is -0.830. The molecule has 22 heavy (non-hydrogen) atoms. The normalized spacial score (nSPS) is 53.9. The average molecular weight is 303 g/mol. The van der Waals surface area contributed by atoms with Gasteiger partial charge >= 0.3 is 0 Å². The second kappa shape index (κ2) is 4.59. The lowest BCUT2D eigenvalue weighted by molar-refractivity contribution is -0.125. The zero-order valence-electron chi connectivity index (χ0n) is 14.1. The summed E-state index contributed by atoms with van der Waals surface area (Å²) in [6.07, 6.45) is 8.34. The van der Waals surface area contributed by atoms with Crippen LogP contribution in [0.2, 0.25) is 0 Å². The first-order chi connectivity index (χ1) is 10.3. The maximum Gasteiger partial charge on any atom is 0.224 e. The largest absolute Gasteiger partial charge is 0.393 e. The van der Waals surface area contributed by atoms with Crippen molar-refractivity contribution in [3.05, 3.63) is 11.8 Å². The topological polar surface area (TPSA) is 49.3 Å². The number of fused-ring (bicyclic) bond motifs is 5. The van der Waals surface area contributed by atoms with Crippen molar-refractivity contribution < 1.29 is 9.90 Å². The lowest BCUT2D eigenvalue weighted by Gasteiger charge is -2.58. The number of carbonyl (C=O) groups excluding carboxylic acids is 1. The van der Waals surface area contributed by atoms with Gasteiger partial charge in [-0.2, -0.15) is 0 Å². The van der Waals surface area contributed by atoms with E-state index in [0.29, 0.717) is 35.5 Å². The molecule has 0 radical (unpaired) electrons. The number of hydrogen-bond donors (Lipinski definition) is 2. The molecule has 0 spiro atoms. The Balaban J connectivity index is 1.74. The molecule has 122 valence electrons. The van der Waals surface area contributed by atoms with E-state index >= 15 is 0 Å². The van der Waals surface area contributed by atoms with Gasteiger partial charge in [0.15, 0.2) is 0 Å². The van der Waals surface area contributed by atoms with Gasteiger partial charge in [0, 0.05) is 17.5 Å². The Bertz CT molecular complexity index is 542. The summed E-state index contributed by atoms with van der Waals surface area (Å²) in [5, 5.41) is 13.4. The zero-order valence-corrected chi connectivity index (χ0v) is 14.1. The molecule has 0 aromatic carbocycles. The van der Waals surface area contributed by atoms with Gasteiger partial charge in [0.2, 0.25) is 5.91 Å². The van der Waals surface area contributed by atoms with Gasteiger partial charge in [-0.05, 0) is 61.2 Å². The fourth-order valence-corrected chi connectivity index (χ4v) is 6.55. The van der Waals surface area contributed by atoms with Crippen LogP contribution in [0, 0.1) is 34.5 Å². The van der Waals surface area contributed by atoms with Crippen LogP contribution in [-0.2, 0) is 4.79 Å². The first-order valence-electron chi connectivity index (χ1n) is 9.04. The highest BCUT2D eigenvalue weighted by Gasteiger charge is 2.59. The molecule has 4 rings (SSSR count). The van der Waals surface area contributed by atoms with E-state index in [1.165, 1.54) is 18.5 Å². The maximum atomic E-state index is 11.8. The van der Waals surface area contributed by atoms with Crippen LogP contribution >= 0.6 is 0 Å². The Kier molecular flexibility index (Phi) is 3.08. The standard InChI is InChI=1S/C19H29NO2/c1-11-8-15-19(3,7-5-16(22)20-15)13-4-6-18(2)10-12(21)9-14(18)17(11)13/h8,11-14,17,21H,4-7,9-10H2,1-3H3,(H,20,22). The number of allylic oxidation sites excluding steroid dienone is 2. The molecule has 3 heteroatoms. The Morgan fingerprint density at radius 1 is 1.27 bits per heavy atom. The molecule has 1 amide bonds. The van der Waals surface area contributed by atoms with Gasteiger partial charge in [-0.15, -0.1) is 0 Å². The molecule has 0 aromatic heterocycles. The van der Waals surface area contributed by atoms with Gasteiger partial charge in [0.1, 0.15) is 0 Å². The van der Waals surface area contributed by atoms with Crippen molar-refractivity contribution in [2.45, 2.75) is 65.4 Å². The molecule has 1 saturated heterocycles. The van der Waals surface area contributed by atoms with E-state index in [2.05, 4.69) is 32.2 Å². The summed E-state index contributed by atoms with van der Waals surface area (Å²) in [5.41, 5.74) is 1.66. The molecule has 1 aliphatic heterocycles. The smallest absolute Gasteiger partial charge is 0.224 e. The number of aliphatic hydroxyl groups is 1. The third kappa shape index (κ3) is 1.87. The van der Waals surface area contributed by atoms with Crippen LogP contribution in [0.1, 0.15) is 59.3 Å². The lowest BCUT2D eigenvalue weighted by Crippen LogP contribution is -2.54. The number of hydrogen-bond acceptors (Lipinski definition) is 2. The molecule has 2 saturated carbocycles. The third-order valence-corrected chi connectivity index (χ3v) is 7.69. The highest BCUT2D eigenvalue weighted by molar-refractivity contribution is 5.79.